The van der Waals surface area contributed by atoms with Crippen LogP contribution in [0.25, 0.3) is 0 Å². The summed E-state index contributed by atoms with van der Waals surface area (Å²) in [6.45, 7) is 3.69. The van der Waals surface area contributed by atoms with E-state index < -0.39 is 5.97 Å². The molecule has 0 amide bonds. The highest BCUT2D eigenvalue weighted by molar-refractivity contribution is 5.91. The molecule has 1 aromatic heterocycles. The number of benzene rings is 1. The van der Waals surface area contributed by atoms with Gasteiger partial charge in [0.25, 0.3) is 0 Å². The predicted octanol–water partition coefficient (Wildman–Crippen LogP) is 2.38. The molecule has 1 aliphatic rings. The van der Waals surface area contributed by atoms with Gasteiger partial charge in [0.2, 0.25) is 0 Å². The lowest BCUT2D eigenvalue weighted by molar-refractivity contribution is 0.0695. The van der Waals surface area contributed by atoms with Gasteiger partial charge in [0.05, 0.1) is 17.8 Å². The normalized spacial score (nSPS) is 14.1. The maximum atomic E-state index is 11.4. The largest absolute Gasteiger partial charge is 0.478 e. The van der Waals surface area contributed by atoms with Crippen LogP contribution in [0.5, 0.6) is 0 Å². The Morgan fingerprint density at radius 3 is 2.90 bits per heavy atom. The quantitative estimate of drug-likeness (QED) is 0.940. The predicted molar refractivity (Wildman–Crippen MR) is 80.7 cm³/mol. The van der Waals surface area contributed by atoms with Crippen LogP contribution in [0.2, 0.25) is 0 Å². The van der Waals surface area contributed by atoms with Gasteiger partial charge in [0.1, 0.15) is 0 Å². The number of aromatic nitrogens is 2. The van der Waals surface area contributed by atoms with Gasteiger partial charge in [0.15, 0.2) is 0 Å². The first-order valence-electron chi connectivity index (χ1n) is 7.16. The van der Waals surface area contributed by atoms with E-state index in [0.29, 0.717) is 5.56 Å². The van der Waals surface area contributed by atoms with Crippen molar-refractivity contribution in [1.29, 1.82) is 0 Å². The number of nitrogens with zero attached hydrogens (tertiary/aromatic N) is 3. The molecule has 1 N–H and O–H groups in total. The zero-order valence-corrected chi connectivity index (χ0v) is 12.3. The second-order valence-corrected chi connectivity index (χ2v) is 5.53. The van der Waals surface area contributed by atoms with E-state index in [1.807, 2.05) is 30.8 Å². The Hall–Kier alpha value is -2.30. The molecule has 0 aliphatic carbocycles. The first-order valence-corrected chi connectivity index (χ1v) is 7.16. The van der Waals surface area contributed by atoms with E-state index in [2.05, 4.69) is 16.1 Å². The standard InChI is InChI=1S/C16H19N3O2/c1-11-9-12(17-18(11)2)10-19-8-4-6-13-14(16(20)21)5-3-7-15(13)19/h3,5,7,9H,4,6,8,10H2,1-2H3,(H,20,21). The number of hydrogen-bond acceptors (Lipinski definition) is 3. The zero-order valence-electron chi connectivity index (χ0n) is 12.3. The summed E-state index contributed by atoms with van der Waals surface area (Å²) in [5, 5.41) is 13.8. The lowest BCUT2D eigenvalue weighted by Crippen LogP contribution is -2.30. The molecule has 110 valence electrons. The molecule has 21 heavy (non-hydrogen) atoms. The van der Waals surface area contributed by atoms with Gasteiger partial charge in [-0.3, -0.25) is 4.68 Å². The Kier molecular flexibility index (Phi) is 3.41. The van der Waals surface area contributed by atoms with Crippen LogP contribution >= 0.6 is 0 Å². The number of fused-ring (bicyclic) bond motifs is 1. The number of anilines is 1. The molecular weight excluding hydrogens is 266 g/mol. The fourth-order valence-electron chi connectivity index (χ4n) is 2.97. The summed E-state index contributed by atoms with van der Waals surface area (Å²) in [5.74, 6) is -0.845. The molecule has 0 saturated heterocycles. The third-order valence-corrected chi connectivity index (χ3v) is 4.09. The molecule has 1 aliphatic heterocycles. The number of carbonyl (C=O) groups is 1. The molecule has 2 aromatic rings. The molecule has 2 heterocycles. The van der Waals surface area contributed by atoms with Crippen LogP contribution in [0.4, 0.5) is 5.69 Å². The number of carboxylic acids is 1. The van der Waals surface area contributed by atoms with Crippen LogP contribution in [0.15, 0.2) is 24.3 Å². The van der Waals surface area contributed by atoms with Crippen molar-refractivity contribution < 1.29 is 9.90 Å². The number of rotatable bonds is 3. The summed E-state index contributed by atoms with van der Waals surface area (Å²) < 4.78 is 1.87. The summed E-state index contributed by atoms with van der Waals surface area (Å²) in [5.41, 5.74) is 4.55. The lowest BCUT2D eigenvalue weighted by Gasteiger charge is -2.31. The highest BCUT2D eigenvalue weighted by Crippen LogP contribution is 2.31. The average Bonchev–Trinajstić information content (AvgIpc) is 2.77. The first-order chi connectivity index (χ1) is 10.1. The number of aromatic carboxylic acids is 1. The van der Waals surface area contributed by atoms with Crippen molar-refractivity contribution in [3.05, 3.63) is 46.8 Å². The number of aryl methyl sites for hydroxylation is 2. The highest BCUT2D eigenvalue weighted by atomic mass is 16.4. The van der Waals surface area contributed by atoms with E-state index in [-0.39, 0.29) is 0 Å². The van der Waals surface area contributed by atoms with Crippen molar-refractivity contribution in [1.82, 2.24) is 9.78 Å². The Morgan fingerprint density at radius 2 is 2.24 bits per heavy atom. The van der Waals surface area contributed by atoms with E-state index in [9.17, 15) is 9.90 Å². The molecule has 1 aromatic carbocycles. The van der Waals surface area contributed by atoms with Crippen LogP contribution in [0.3, 0.4) is 0 Å². The second-order valence-electron chi connectivity index (χ2n) is 5.53. The van der Waals surface area contributed by atoms with Gasteiger partial charge >= 0.3 is 5.97 Å². The van der Waals surface area contributed by atoms with Crippen molar-refractivity contribution in [2.45, 2.75) is 26.3 Å². The summed E-state index contributed by atoms with van der Waals surface area (Å²) in [4.78, 5) is 13.6. The van der Waals surface area contributed by atoms with Gasteiger partial charge < -0.3 is 10.0 Å². The fourth-order valence-corrected chi connectivity index (χ4v) is 2.97. The maximum absolute atomic E-state index is 11.4. The highest BCUT2D eigenvalue weighted by Gasteiger charge is 2.22. The minimum absolute atomic E-state index is 0.425. The Labute approximate surface area is 123 Å². The van der Waals surface area contributed by atoms with Crippen molar-refractivity contribution in [3.63, 3.8) is 0 Å². The van der Waals surface area contributed by atoms with Gasteiger partial charge in [-0.05, 0) is 43.5 Å². The zero-order chi connectivity index (χ0) is 15.0. The number of hydrogen-bond donors (Lipinski definition) is 1. The molecule has 0 radical (unpaired) electrons. The molecule has 0 saturated carbocycles. The van der Waals surface area contributed by atoms with Gasteiger partial charge in [-0.2, -0.15) is 5.10 Å². The minimum Gasteiger partial charge on any atom is -0.478 e. The molecule has 0 bridgehead atoms. The first kappa shape index (κ1) is 13.7. The Bertz CT molecular complexity index is 671. The van der Waals surface area contributed by atoms with E-state index in [0.717, 1.165) is 48.6 Å². The van der Waals surface area contributed by atoms with Crippen molar-refractivity contribution in [2.75, 3.05) is 11.4 Å². The van der Waals surface area contributed by atoms with Gasteiger partial charge in [0, 0.05) is 25.0 Å². The van der Waals surface area contributed by atoms with E-state index in [1.165, 1.54) is 0 Å². The number of carboxylic acid groups (broad SMARTS) is 1. The molecule has 0 unspecified atom stereocenters. The van der Waals surface area contributed by atoms with Crippen molar-refractivity contribution in [3.8, 4) is 0 Å². The molecule has 0 fully saturated rings. The minimum atomic E-state index is -0.845. The molecular formula is C16H19N3O2. The molecule has 5 heteroatoms. The Morgan fingerprint density at radius 1 is 1.43 bits per heavy atom. The lowest BCUT2D eigenvalue weighted by atomic mass is 9.96. The third kappa shape index (κ3) is 2.51. The molecule has 5 nitrogen and oxygen atoms in total. The van der Waals surface area contributed by atoms with Crippen LogP contribution in [0, 0.1) is 6.92 Å². The van der Waals surface area contributed by atoms with Crippen LogP contribution in [-0.2, 0) is 20.0 Å². The molecule has 3 rings (SSSR count). The average molecular weight is 285 g/mol. The van der Waals surface area contributed by atoms with Gasteiger partial charge in [-0.25, -0.2) is 4.79 Å². The summed E-state index contributed by atoms with van der Waals surface area (Å²) in [7, 11) is 1.94. The molecule has 0 spiro atoms. The van der Waals surface area contributed by atoms with Gasteiger partial charge in [-0.15, -0.1) is 0 Å². The maximum Gasteiger partial charge on any atom is 0.336 e. The third-order valence-electron chi connectivity index (χ3n) is 4.09. The topological polar surface area (TPSA) is 58.4 Å². The summed E-state index contributed by atoms with van der Waals surface area (Å²) in [6, 6.07) is 7.60. The van der Waals surface area contributed by atoms with Crippen LogP contribution in [0.1, 0.15) is 33.7 Å². The van der Waals surface area contributed by atoms with E-state index >= 15 is 0 Å². The monoisotopic (exact) mass is 285 g/mol. The van der Waals surface area contributed by atoms with E-state index in [1.54, 1.807) is 6.07 Å². The smallest absolute Gasteiger partial charge is 0.336 e. The van der Waals surface area contributed by atoms with Crippen LogP contribution in [-0.4, -0.2) is 27.4 Å². The Balaban J connectivity index is 1.93. The van der Waals surface area contributed by atoms with Crippen LogP contribution < -0.4 is 4.90 Å². The summed E-state index contributed by atoms with van der Waals surface area (Å²) in [6.07, 6.45) is 1.80. The van der Waals surface area contributed by atoms with Crippen molar-refractivity contribution >= 4 is 11.7 Å². The SMILES string of the molecule is Cc1cc(CN2CCCc3c(C(=O)O)cccc32)nn1C. The fraction of sp³-hybridized carbons (Fsp3) is 0.375. The molecule has 0 atom stereocenters. The second kappa shape index (κ2) is 5.24. The van der Waals surface area contributed by atoms with Crippen molar-refractivity contribution in [2.24, 2.45) is 7.05 Å². The van der Waals surface area contributed by atoms with Gasteiger partial charge in [-0.1, -0.05) is 6.07 Å². The van der Waals surface area contributed by atoms with E-state index in [4.69, 9.17) is 0 Å². The summed E-state index contributed by atoms with van der Waals surface area (Å²) >= 11 is 0.